The minimum Gasteiger partial charge on any atom is -0.455 e. The Balaban J connectivity index is 1.22. The van der Waals surface area contributed by atoms with Crippen molar-refractivity contribution in [3.05, 3.63) is 35.9 Å². The van der Waals surface area contributed by atoms with E-state index >= 15 is 0 Å². The number of hydrogen-bond donors (Lipinski definition) is 0. The Labute approximate surface area is 173 Å². The lowest BCUT2D eigenvalue weighted by Gasteiger charge is -2.58. The van der Waals surface area contributed by atoms with Crippen LogP contribution in [0.3, 0.4) is 0 Å². The van der Waals surface area contributed by atoms with Gasteiger partial charge in [-0.15, -0.1) is 0 Å². The molecule has 5 nitrogen and oxygen atoms in total. The molecule has 4 saturated carbocycles. The first kappa shape index (κ1) is 18.3. The molecule has 2 atom stereocenters. The van der Waals surface area contributed by atoms with Crippen LogP contribution >= 0.6 is 15.9 Å². The van der Waals surface area contributed by atoms with Crippen molar-refractivity contribution in [2.75, 3.05) is 13.2 Å². The first-order chi connectivity index (χ1) is 13.4. The van der Waals surface area contributed by atoms with Crippen molar-refractivity contribution >= 4 is 33.5 Å². The van der Waals surface area contributed by atoms with E-state index in [4.69, 9.17) is 4.74 Å². The maximum atomic E-state index is 13.0. The molecule has 5 aliphatic rings. The van der Waals surface area contributed by atoms with Crippen molar-refractivity contribution in [3.8, 4) is 0 Å². The number of hydrogen-bond acceptors (Lipinski definition) is 4. The molecule has 1 aliphatic heterocycles. The number of benzene rings is 1. The van der Waals surface area contributed by atoms with Gasteiger partial charge in [0.25, 0.3) is 5.91 Å². The number of carbonyl (C=O) groups is 2. The maximum absolute atomic E-state index is 13.0. The molecular formula is C22H25BrN2O3. The second-order valence-electron chi connectivity index (χ2n) is 9.15. The molecule has 0 saturated heterocycles. The average molecular weight is 445 g/mol. The summed E-state index contributed by atoms with van der Waals surface area (Å²) in [7, 11) is 0. The summed E-state index contributed by atoms with van der Waals surface area (Å²) in [5, 5.41) is 5.89. The van der Waals surface area contributed by atoms with E-state index in [1.54, 1.807) is 0 Å². The summed E-state index contributed by atoms with van der Waals surface area (Å²) >= 11 is 3.92. The van der Waals surface area contributed by atoms with Gasteiger partial charge < -0.3 is 4.74 Å². The Morgan fingerprint density at radius 2 is 1.86 bits per heavy atom. The Kier molecular flexibility index (Phi) is 4.38. The summed E-state index contributed by atoms with van der Waals surface area (Å²) in [6.45, 7) is 0.331. The van der Waals surface area contributed by atoms with Crippen LogP contribution < -0.4 is 0 Å². The predicted molar refractivity (Wildman–Crippen MR) is 109 cm³/mol. The standard InChI is InChI=1S/C22H25BrN2O3/c23-22-11-15-8-16(12-22)10-21(9-15,14-22)20(27)28-13-19(26)25-7-6-18(24-25)17-4-2-1-3-5-17/h1-5,15-16H,6-14H2. The first-order valence-corrected chi connectivity index (χ1v) is 11.0. The van der Waals surface area contributed by atoms with Gasteiger partial charge in [0.1, 0.15) is 0 Å². The minimum absolute atomic E-state index is 0.101. The molecule has 1 aromatic carbocycles. The van der Waals surface area contributed by atoms with Crippen LogP contribution in [-0.2, 0) is 14.3 Å². The lowest BCUT2D eigenvalue weighted by molar-refractivity contribution is -0.172. The SMILES string of the molecule is O=C(COC(=O)C12CC3CC(CC(Br)(C3)C1)C2)N1CCC(c2ccccc2)=N1. The van der Waals surface area contributed by atoms with Gasteiger partial charge in [-0.25, -0.2) is 5.01 Å². The molecule has 0 aromatic heterocycles. The number of nitrogens with zero attached hydrogens (tertiary/aromatic N) is 2. The molecule has 2 unspecified atom stereocenters. The number of hydrazone groups is 1. The zero-order valence-electron chi connectivity index (χ0n) is 15.9. The molecule has 0 spiro atoms. The van der Waals surface area contributed by atoms with E-state index in [2.05, 4.69) is 21.0 Å². The number of esters is 1. The van der Waals surface area contributed by atoms with E-state index in [0.29, 0.717) is 18.4 Å². The molecule has 28 heavy (non-hydrogen) atoms. The zero-order valence-corrected chi connectivity index (χ0v) is 17.5. The van der Waals surface area contributed by atoms with Crippen molar-refractivity contribution < 1.29 is 14.3 Å². The van der Waals surface area contributed by atoms with Crippen LogP contribution in [0.25, 0.3) is 0 Å². The Bertz CT molecular complexity index is 823. The van der Waals surface area contributed by atoms with Crippen molar-refractivity contribution in [2.24, 2.45) is 22.4 Å². The van der Waals surface area contributed by atoms with Gasteiger partial charge in [-0.1, -0.05) is 46.3 Å². The summed E-state index contributed by atoms with van der Waals surface area (Å²) in [4.78, 5) is 25.5. The fraction of sp³-hybridized carbons (Fsp3) is 0.591. The summed E-state index contributed by atoms with van der Waals surface area (Å²) in [6.07, 6.45) is 6.99. The number of amides is 1. The smallest absolute Gasteiger partial charge is 0.312 e. The van der Waals surface area contributed by atoms with Gasteiger partial charge in [-0.3, -0.25) is 9.59 Å². The average Bonchev–Trinajstić information content (AvgIpc) is 3.15. The number of halogens is 1. The van der Waals surface area contributed by atoms with E-state index in [0.717, 1.165) is 37.0 Å². The fourth-order valence-corrected chi connectivity index (χ4v) is 7.67. The highest BCUT2D eigenvalue weighted by Crippen LogP contribution is 2.64. The first-order valence-electron chi connectivity index (χ1n) is 10.2. The third-order valence-corrected chi connectivity index (χ3v) is 7.87. The minimum atomic E-state index is -0.392. The lowest BCUT2D eigenvalue weighted by Crippen LogP contribution is -2.56. The van der Waals surface area contributed by atoms with Gasteiger partial charge in [0, 0.05) is 10.7 Å². The maximum Gasteiger partial charge on any atom is 0.312 e. The molecule has 0 N–H and O–H groups in total. The van der Waals surface area contributed by atoms with Crippen LogP contribution in [0.2, 0.25) is 0 Å². The molecule has 1 amide bonds. The Morgan fingerprint density at radius 3 is 2.54 bits per heavy atom. The van der Waals surface area contributed by atoms with Gasteiger partial charge in [0.15, 0.2) is 6.61 Å². The third-order valence-electron chi connectivity index (χ3n) is 6.95. The summed E-state index contributed by atoms with van der Waals surface area (Å²) in [5.74, 6) is 0.809. The number of ether oxygens (including phenoxy) is 1. The monoisotopic (exact) mass is 444 g/mol. The molecule has 1 aromatic rings. The van der Waals surface area contributed by atoms with Crippen LogP contribution in [0.1, 0.15) is 50.5 Å². The van der Waals surface area contributed by atoms with Crippen molar-refractivity contribution in [2.45, 2.75) is 49.3 Å². The largest absolute Gasteiger partial charge is 0.455 e. The zero-order chi connectivity index (χ0) is 19.4. The molecule has 6 heteroatoms. The van der Waals surface area contributed by atoms with E-state index in [1.807, 2.05) is 30.3 Å². The second kappa shape index (κ2) is 6.68. The van der Waals surface area contributed by atoms with E-state index in [1.165, 1.54) is 24.3 Å². The predicted octanol–water partition coefficient (Wildman–Crippen LogP) is 3.90. The summed E-state index contributed by atoms with van der Waals surface area (Å²) in [6, 6.07) is 9.88. The highest BCUT2D eigenvalue weighted by molar-refractivity contribution is 9.10. The molecule has 4 aliphatic carbocycles. The normalized spacial score (nSPS) is 35.8. The van der Waals surface area contributed by atoms with E-state index in [-0.39, 0.29) is 22.8 Å². The van der Waals surface area contributed by atoms with E-state index in [9.17, 15) is 9.59 Å². The van der Waals surface area contributed by atoms with E-state index < -0.39 is 5.41 Å². The Hall–Kier alpha value is -1.69. The van der Waals surface area contributed by atoms with Crippen molar-refractivity contribution in [1.82, 2.24) is 5.01 Å². The molecular weight excluding hydrogens is 420 g/mol. The fourth-order valence-electron chi connectivity index (χ4n) is 6.22. The summed E-state index contributed by atoms with van der Waals surface area (Å²) in [5.41, 5.74) is 1.55. The van der Waals surface area contributed by atoms with Gasteiger partial charge in [0.2, 0.25) is 0 Å². The van der Waals surface area contributed by atoms with Crippen molar-refractivity contribution in [3.63, 3.8) is 0 Å². The van der Waals surface area contributed by atoms with Gasteiger partial charge in [0.05, 0.1) is 17.7 Å². The lowest BCUT2D eigenvalue weighted by atomic mass is 9.49. The van der Waals surface area contributed by atoms with Crippen LogP contribution in [-0.4, -0.2) is 40.1 Å². The molecule has 4 bridgehead atoms. The number of alkyl halides is 1. The van der Waals surface area contributed by atoms with Crippen LogP contribution in [0.4, 0.5) is 0 Å². The highest BCUT2D eigenvalue weighted by Gasteiger charge is 2.60. The molecule has 0 radical (unpaired) electrons. The van der Waals surface area contributed by atoms with Gasteiger partial charge in [-0.05, 0) is 55.9 Å². The number of carbonyl (C=O) groups excluding carboxylic acids is 2. The van der Waals surface area contributed by atoms with Crippen LogP contribution in [0, 0.1) is 17.3 Å². The number of rotatable bonds is 4. The van der Waals surface area contributed by atoms with Crippen LogP contribution in [0.5, 0.6) is 0 Å². The molecule has 4 fully saturated rings. The third kappa shape index (κ3) is 3.19. The molecule has 1 heterocycles. The molecule has 6 rings (SSSR count). The van der Waals surface area contributed by atoms with Crippen molar-refractivity contribution in [1.29, 1.82) is 0 Å². The molecule has 148 valence electrons. The Morgan fingerprint density at radius 1 is 1.14 bits per heavy atom. The second-order valence-corrected chi connectivity index (χ2v) is 10.8. The summed E-state index contributed by atoms with van der Waals surface area (Å²) < 4.78 is 5.67. The van der Waals surface area contributed by atoms with Gasteiger partial charge >= 0.3 is 5.97 Å². The highest BCUT2D eigenvalue weighted by atomic mass is 79.9. The van der Waals surface area contributed by atoms with Gasteiger partial charge in [-0.2, -0.15) is 5.10 Å². The quantitative estimate of drug-likeness (QED) is 0.522. The van der Waals surface area contributed by atoms with Crippen LogP contribution in [0.15, 0.2) is 35.4 Å². The topological polar surface area (TPSA) is 59.0 Å².